The number of nitrogens with zero attached hydrogens (tertiary/aromatic N) is 1. The molecule has 20 heavy (non-hydrogen) atoms. The van der Waals surface area contributed by atoms with Gasteiger partial charge in [-0.1, -0.05) is 62.2 Å². The first-order chi connectivity index (χ1) is 9.38. The molecule has 0 saturated carbocycles. The fourth-order valence-electron chi connectivity index (χ4n) is 1.92. The fraction of sp³-hybridized carbons (Fsp3) is 0.312. The Bertz CT molecular complexity index is 606. The van der Waals surface area contributed by atoms with Crippen molar-refractivity contribution < 1.29 is 4.74 Å². The van der Waals surface area contributed by atoms with Crippen LogP contribution in [0.1, 0.15) is 31.9 Å². The number of aromatic nitrogens is 1. The van der Waals surface area contributed by atoms with Crippen LogP contribution in [-0.4, -0.2) is 4.98 Å². The first-order valence-corrected chi connectivity index (χ1v) is 7.17. The summed E-state index contributed by atoms with van der Waals surface area (Å²) in [6, 6.07) is 11.6. The van der Waals surface area contributed by atoms with E-state index in [4.69, 9.17) is 27.9 Å². The Morgan fingerprint density at radius 3 is 2.40 bits per heavy atom. The van der Waals surface area contributed by atoms with Gasteiger partial charge < -0.3 is 4.74 Å². The van der Waals surface area contributed by atoms with Crippen molar-refractivity contribution in [3.8, 4) is 5.75 Å². The van der Waals surface area contributed by atoms with E-state index in [0.717, 1.165) is 16.9 Å². The molecule has 0 spiro atoms. The smallest absolute Gasteiger partial charge is 0.137 e. The summed E-state index contributed by atoms with van der Waals surface area (Å²) in [6.07, 6.45) is 0. The molecule has 0 radical (unpaired) electrons. The Hall–Kier alpha value is -1.25. The molecule has 0 aliphatic rings. The SMILES string of the molecule is CC(C)(C)c1ccccc1OCc1ccc(Cl)nc1Cl. The molecular formula is C16H17Cl2NO. The molecular weight excluding hydrogens is 293 g/mol. The van der Waals surface area contributed by atoms with E-state index in [1.54, 1.807) is 6.07 Å². The average Bonchev–Trinajstić information content (AvgIpc) is 2.37. The number of para-hydroxylation sites is 1. The van der Waals surface area contributed by atoms with Gasteiger partial charge in [-0.3, -0.25) is 0 Å². The summed E-state index contributed by atoms with van der Waals surface area (Å²) in [6.45, 7) is 6.85. The molecule has 2 rings (SSSR count). The van der Waals surface area contributed by atoms with Crippen LogP contribution in [-0.2, 0) is 12.0 Å². The second-order valence-corrected chi connectivity index (χ2v) is 6.36. The van der Waals surface area contributed by atoms with Crippen LogP contribution in [0.15, 0.2) is 36.4 Å². The van der Waals surface area contributed by atoms with E-state index in [1.807, 2.05) is 24.3 Å². The van der Waals surface area contributed by atoms with Crippen molar-refractivity contribution in [3.63, 3.8) is 0 Å². The Morgan fingerprint density at radius 1 is 1.05 bits per heavy atom. The van der Waals surface area contributed by atoms with Crippen LogP contribution < -0.4 is 4.74 Å². The van der Waals surface area contributed by atoms with Gasteiger partial charge in [-0.2, -0.15) is 0 Å². The van der Waals surface area contributed by atoms with Crippen LogP contribution in [0.3, 0.4) is 0 Å². The monoisotopic (exact) mass is 309 g/mol. The lowest BCUT2D eigenvalue weighted by Gasteiger charge is -2.22. The Morgan fingerprint density at radius 2 is 1.75 bits per heavy atom. The predicted octanol–water partition coefficient (Wildman–Crippen LogP) is 5.26. The maximum atomic E-state index is 6.05. The van der Waals surface area contributed by atoms with Gasteiger partial charge in [0.1, 0.15) is 22.7 Å². The molecule has 106 valence electrons. The first kappa shape index (κ1) is 15.1. The normalized spacial score (nSPS) is 11.4. The van der Waals surface area contributed by atoms with Crippen molar-refractivity contribution in [2.75, 3.05) is 0 Å². The van der Waals surface area contributed by atoms with Crippen molar-refractivity contribution in [1.82, 2.24) is 4.98 Å². The molecule has 0 bridgehead atoms. The van der Waals surface area contributed by atoms with Crippen LogP contribution in [0, 0.1) is 0 Å². The van der Waals surface area contributed by atoms with E-state index in [-0.39, 0.29) is 5.41 Å². The Kier molecular flexibility index (Phi) is 4.56. The van der Waals surface area contributed by atoms with Gasteiger partial charge in [0.2, 0.25) is 0 Å². The maximum absolute atomic E-state index is 6.05. The fourth-order valence-corrected chi connectivity index (χ4v) is 2.32. The molecule has 0 aliphatic carbocycles. The largest absolute Gasteiger partial charge is 0.488 e. The predicted molar refractivity (Wildman–Crippen MR) is 83.7 cm³/mol. The number of halogens is 2. The summed E-state index contributed by atoms with van der Waals surface area (Å²) < 4.78 is 5.90. The van der Waals surface area contributed by atoms with Crippen LogP contribution >= 0.6 is 23.2 Å². The molecule has 0 saturated heterocycles. The number of rotatable bonds is 3. The standard InChI is InChI=1S/C16H17Cl2NO/c1-16(2,3)12-6-4-5-7-13(12)20-10-11-8-9-14(17)19-15(11)18/h4-9H,10H2,1-3H3. The van der Waals surface area contributed by atoms with Gasteiger partial charge in [-0.05, 0) is 29.2 Å². The number of hydrogen-bond donors (Lipinski definition) is 0. The third kappa shape index (κ3) is 3.65. The van der Waals surface area contributed by atoms with Crippen LogP contribution in [0.2, 0.25) is 10.3 Å². The number of benzene rings is 1. The van der Waals surface area contributed by atoms with E-state index in [9.17, 15) is 0 Å². The molecule has 0 fully saturated rings. The van der Waals surface area contributed by atoms with Crippen molar-refractivity contribution in [1.29, 1.82) is 0 Å². The zero-order valence-corrected chi connectivity index (χ0v) is 13.3. The highest BCUT2D eigenvalue weighted by atomic mass is 35.5. The van der Waals surface area contributed by atoms with E-state index < -0.39 is 0 Å². The summed E-state index contributed by atoms with van der Waals surface area (Å²) in [4.78, 5) is 4.01. The van der Waals surface area contributed by atoms with Crippen molar-refractivity contribution in [2.24, 2.45) is 0 Å². The van der Waals surface area contributed by atoms with Crippen LogP contribution in [0.5, 0.6) is 5.75 Å². The lowest BCUT2D eigenvalue weighted by molar-refractivity contribution is 0.297. The molecule has 0 amide bonds. The minimum atomic E-state index is 0.0264. The zero-order valence-electron chi connectivity index (χ0n) is 11.8. The quantitative estimate of drug-likeness (QED) is 0.721. The van der Waals surface area contributed by atoms with Crippen molar-refractivity contribution in [3.05, 3.63) is 57.8 Å². The van der Waals surface area contributed by atoms with Gasteiger partial charge in [0.25, 0.3) is 0 Å². The molecule has 0 N–H and O–H groups in total. The van der Waals surface area contributed by atoms with Gasteiger partial charge in [0.15, 0.2) is 0 Å². The minimum absolute atomic E-state index is 0.0264. The number of ether oxygens (including phenoxy) is 1. The molecule has 4 heteroatoms. The Balaban J connectivity index is 2.19. The summed E-state index contributed by atoms with van der Waals surface area (Å²) in [5, 5.41) is 0.764. The molecule has 2 nitrogen and oxygen atoms in total. The lowest BCUT2D eigenvalue weighted by Crippen LogP contribution is -2.13. The Labute approximate surface area is 129 Å². The van der Waals surface area contributed by atoms with E-state index in [0.29, 0.717) is 16.9 Å². The highest BCUT2D eigenvalue weighted by Gasteiger charge is 2.18. The van der Waals surface area contributed by atoms with Gasteiger partial charge in [-0.25, -0.2) is 4.98 Å². The summed E-state index contributed by atoms with van der Waals surface area (Å²) in [5.41, 5.74) is 2.01. The highest BCUT2D eigenvalue weighted by molar-refractivity contribution is 6.32. The molecule has 0 aliphatic heterocycles. The average molecular weight is 310 g/mol. The third-order valence-corrected chi connectivity index (χ3v) is 3.51. The minimum Gasteiger partial charge on any atom is -0.488 e. The third-order valence-electron chi connectivity index (χ3n) is 2.97. The molecule has 1 aromatic heterocycles. The summed E-state index contributed by atoms with van der Waals surface area (Å²) in [7, 11) is 0. The maximum Gasteiger partial charge on any atom is 0.137 e. The van der Waals surface area contributed by atoms with Crippen molar-refractivity contribution >= 4 is 23.2 Å². The zero-order chi connectivity index (χ0) is 14.8. The lowest BCUT2D eigenvalue weighted by atomic mass is 9.86. The number of pyridine rings is 1. The van der Waals surface area contributed by atoms with Gasteiger partial charge in [-0.15, -0.1) is 0 Å². The van der Waals surface area contributed by atoms with Crippen LogP contribution in [0.25, 0.3) is 0 Å². The molecule has 0 unspecified atom stereocenters. The van der Waals surface area contributed by atoms with Crippen molar-refractivity contribution in [2.45, 2.75) is 32.8 Å². The first-order valence-electron chi connectivity index (χ1n) is 6.41. The van der Waals surface area contributed by atoms with Gasteiger partial charge in [0.05, 0.1) is 0 Å². The second kappa shape index (κ2) is 6.02. The van der Waals surface area contributed by atoms with Gasteiger partial charge >= 0.3 is 0 Å². The van der Waals surface area contributed by atoms with Gasteiger partial charge in [0, 0.05) is 5.56 Å². The molecule has 0 atom stereocenters. The molecule has 1 aromatic carbocycles. The van der Waals surface area contributed by atoms with Crippen LogP contribution in [0.4, 0.5) is 0 Å². The second-order valence-electron chi connectivity index (χ2n) is 5.62. The van der Waals surface area contributed by atoms with E-state index in [2.05, 4.69) is 31.8 Å². The molecule has 2 aromatic rings. The topological polar surface area (TPSA) is 22.1 Å². The van der Waals surface area contributed by atoms with E-state index >= 15 is 0 Å². The summed E-state index contributed by atoms with van der Waals surface area (Å²) >= 11 is 11.8. The number of hydrogen-bond acceptors (Lipinski definition) is 2. The summed E-state index contributed by atoms with van der Waals surface area (Å²) in [5.74, 6) is 0.867. The molecule has 1 heterocycles. The highest BCUT2D eigenvalue weighted by Crippen LogP contribution is 2.31. The van der Waals surface area contributed by atoms with E-state index in [1.165, 1.54) is 0 Å².